The van der Waals surface area contributed by atoms with Gasteiger partial charge in [-0.15, -0.1) is 11.3 Å². The highest BCUT2D eigenvalue weighted by Gasteiger charge is 2.16. The number of benzene rings is 1. The second-order valence-corrected chi connectivity index (χ2v) is 5.42. The third kappa shape index (κ3) is 3.58. The number of halogens is 2. The van der Waals surface area contributed by atoms with Gasteiger partial charge in [0.2, 0.25) is 0 Å². The highest BCUT2D eigenvalue weighted by molar-refractivity contribution is 7.09. The number of hydrogen-bond donors (Lipinski definition) is 1. The highest BCUT2D eigenvalue weighted by atomic mass is 32.1. The summed E-state index contributed by atoms with van der Waals surface area (Å²) in [6.45, 7) is 1.94. The lowest BCUT2D eigenvalue weighted by Crippen LogP contribution is -2.30. The molecule has 2 aromatic rings. The average Bonchev–Trinajstić information content (AvgIpc) is 2.78. The van der Waals surface area contributed by atoms with Crippen molar-refractivity contribution in [2.24, 2.45) is 0 Å². The molecule has 0 aliphatic rings. The Labute approximate surface area is 115 Å². The van der Waals surface area contributed by atoms with E-state index in [0.29, 0.717) is 12.8 Å². The number of nitrogens with zero attached hydrogens (tertiary/aromatic N) is 1. The Morgan fingerprint density at radius 2 is 1.95 bits per heavy atom. The molecule has 19 heavy (non-hydrogen) atoms. The first kappa shape index (κ1) is 14.1. The van der Waals surface area contributed by atoms with Crippen molar-refractivity contribution in [1.29, 1.82) is 0 Å². The fraction of sp³-hybridized carbons (Fsp3) is 0.357. The zero-order chi connectivity index (χ0) is 13.8. The fourth-order valence-electron chi connectivity index (χ4n) is 1.96. The lowest BCUT2D eigenvalue weighted by atomic mass is 10.0. The van der Waals surface area contributed by atoms with Crippen LogP contribution in [0.1, 0.15) is 16.3 Å². The molecule has 1 aromatic heterocycles. The summed E-state index contributed by atoms with van der Waals surface area (Å²) in [5.74, 6) is -0.980. The van der Waals surface area contributed by atoms with Crippen molar-refractivity contribution in [1.82, 2.24) is 10.3 Å². The van der Waals surface area contributed by atoms with Crippen LogP contribution in [0.4, 0.5) is 8.78 Å². The third-order valence-electron chi connectivity index (χ3n) is 3.01. The maximum atomic E-state index is 13.6. The molecule has 2 rings (SSSR count). The van der Waals surface area contributed by atoms with Gasteiger partial charge in [0.25, 0.3) is 0 Å². The van der Waals surface area contributed by atoms with Crippen molar-refractivity contribution in [3.05, 3.63) is 51.5 Å². The van der Waals surface area contributed by atoms with E-state index in [1.165, 1.54) is 18.2 Å². The number of aryl methyl sites for hydroxylation is 1. The van der Waals surface area contributed by atoms with E-state index in [1.807, 2.05) is 12.3 Å². The van der Waals surface area contributed by atoms with Gasteiger partial charge >= 0.3 is 0 Å². The molecular formula is C14H16F2N2S. The first-order chi connectivity index (χ1) is 9.10. The Bertz CT molecular complexity index is 534. The lowest BCUT2D eigenvalue weighted by molar-refractivity contribution is 0.501. The molecule has 0 saturated carbocycles. The second-order valence-electron chi connectivity index (χ2n) is 4.48. The third-order valence-corrected chi connectivity index (χ3v) is 4.00. The zero-order valence-electron chi connectivity index (χ0n) is 10.9. The summed E-state index contributed by atoms with van der Waals surface area (Å²) < 4.78 is 27.2. The summed E-state index contributed by atoms with van der Waals surface area (Å²) in [4.78, 5) is 4.38. The normalized spacial score (nSPS) is 12.6. The molecule has 0 amide bonds. The zero-order valence-corrected chi connectivity index (χ0v) is 11.7. The van der Waals surface area contributed by atoms with E-state index >= 15 is 0 Å². The summed E-state index contributed by atoms with van der Waals surface area (Å²) in [6, 6.07) is 3.93. The van der Waals surface area contributed by atoms with Crippen molar-refractivity contribution < 1.29 is 8.78 Å². The summed E-state index contributed by atoms with van der Waals surface area (Å²) in [5.41, 5.74) is 1.11. The van der Waals surface area contributed by atoms with Gasteiger partial charge in [0.15, 0.2) is 0 Å². The Morgan fingerprint density at radius 1 is 1.26 bits per heavy atom. The Balaban J connectivity index is 2.11. The lowest BCUT2D eigenvalue weighted by Gasteiger charge is -2.15. The fourth-order valence-corrected chi connectivity index (χ4v) is 2.81. The summed E-state index contributed by atoms with van der Waals surface area (Å²) in [6.07, 6.45) is 0.983. The molecular weight excluding hydrogens is 266 g/mol. The molecule has 0 saturated heterocycles. The number of likely N-dealkylation sites (N-methyl/N-ethyl adjacent to an activating group) is 1. The van der Waals surface area contributed by atoms with Gasteiger partial charge in [-0.3, -0.25) is 0 Å². The van der Waals surface area contributed by atoms with Crippen LogP contribution in [0.25, 0.3) is 0 Å². The van der Waals surface area contributed by atoms with Crippen LogP contribution in [-0.2, 0) is 12.8 Å². The summed E-state index contributed by atoms with van der Waals surface area (Å²) in [7, 11) is 1.80. The summed E-state index contributed by atoms with van der Waals surface area (Å²) >= 11 is 1.57. The van der Waals surface area contributed by atoms with Gasteiger partial charge in [0.1, 0.15) is 11.6 Å². The van der Waals surface area contributed by atoms with Crippen LogP contribution in [0.2, 0.25) is 0 Å². The van der Waals surface area contributed by atoms with Gasteiger partial charge in [-0.25, -0.2) is 13.8 Å². The molecule has 0 aliphatic heterocycles. The number of aromatic nitrogens is 1. The van der Waals surface area contributed by atoms with Crippen LogP contribution in [0.5, 0.6) is 0 Å². The minimum absolute atomic E-state index is 0.0306. The largest absolute Gasteiger partial charge is 0.316 e. The number of thiazole rings is 1. The van der Waals surface area contributed by atoms with Crippen molar-refractivity contribution >= 4 is 11.3 Å². The van der Waals surface area contributed by atoms with Gasteiger partial charge in [0.05, 0.1) is 5.01 Å². The first-order valence-corrected chi connectivity index (χ1v) is 6.99. The number of rotatable bonds is 5. The van der Waals surface area contributed by atoms with Gasteiger partial charge < -0.3 is 5.32 Å². The molecule has 1 N–H and O–H groups in total. The molecule has 102 valence electrons. The van der Waals surface area contributed by atoms with Crippen molar-refractivity contribution in [3.63, 3.8) is 0 Å². The van der Waals surface area contributed by atoms with E-state index in [4.69, 9.17) is 0 Å². The molecule has 1 atom stereocenters. The molecule has 0 radical (unpaired) electrons. The van der Waals surface area contributed by atoms with E-state index in [2.05, 4.69) is 10.3 Å². The van der Waals surface area contributed by atoms with E-state index < -0.39 is 11.6 Å². The SMILES string of the molecule is CNC(Cc1nc(C)cs1)Cc1c(F)cccc1F. The summed E-state index contributed by atoms with van der Waals surface area (Å²) in [5, 5.41) is 6.05. The van der Waals surface area contributed by atoms with Gasteiger partial charge in [0, 0.05) is 29.1 Å². The van der Waals surface area contributed by atoms with Crippen LogP contribution >= 0.6 is 11.3 Å². The van der Waals surface area contributed by atoms with E-state index in [-0.39, 0.29) is 11.6 Å². The molecule has 1 aromatic carbocycles. The standard InChI is InChI=1S/C14H16F2N2S/c1-9-8-19-14(18-9)7-10(17-2)6-11-12(15)4-3-5-13(11)16/h3-5,8,10,17H,6-7H2,1-2H3. The average molecular weight is 282 g/mol. The molecule has 1 unspecified atom stereocenters. The van der Waals surface area contributed by atoms with E-state index in [9.17, 15) is 8.78 Å². The van der Waals surface area contributed by atoms with Crippen LogP contribution < -0.4 is 5.32 Å². The molecule has 0 aliphatic carbocycles. The van der Waals surface area contributed by atoms with Crippen molar-refractivity contribution in [2.75, 3.05) is 7.05 Å². The molecule has 5 heteroatoms. The molecule has 0 bridgehead atoms. The minimum Gasteiger partial charge on any atom is -0.316 e. The van der Waals surface area contributed by atoms with Gasteiger partial charge in [-0.2, -0.15) is 0 Å². The molecule has 0 fully saturated rings. The maximum Gasteiger partial charge on any atom is 0.129 e. The smallest absolute Gasteiger partial charge is 0.129 e. The van der Waals surface area contributed by atoms with Crippen LogP contribution in [-0.4, -0.2) is 18.1 Å². The highest BCUT2D eigenvalue weighted by Crippen LogP contribution is 2.17. The van der Waals surface area contributed by atoms with Crippen LogP contribution in [0, 0.1) is 18.6 Å². The van der Waals surface area contributed by atoms with Crippen molar-refractivity contribution in [2.45, 2.75) is 25.8 Å². The maximum absolute atomic E-state index is 13.6. The number of nitrogens with one attached hydrogen (secondary N) is 1. The number of hydrogen-bond acceptors (Lipinski definition) is 3. The first-order valence-electron chi connectivity index (χ1n) is 6.11. The molecule has 1 heterocycles. The molecule has 0 spiro atoms. The second kappa shape index (κ2) is 6.21. The van der Waals surface area contributed by atoms with Gasteiger partial charge in [-0.05, 0) is 32.5 Å². The Hall–Kier alpha value is -1.33. The predicted molar refractivity (Wildman–Crippen MR) is 73.5 cm³/mol. The van der Waals surface area contributed by atoms with Crippen molar-refractivity contribution in [3.8, 4) is 0 Å². The predicted octanol–water partition coefficient (Wildman–Crippen LogP) is 3.10. The minimum atomic E-state index is -0.490. The topological polar surface area (TPSA) is 24.9 Å². The quantitative estimate of drug-likeness (QED) is 0.911. The van der Waals surface area contributed by atoms with Crippen LogP contribution in [0.3, 0.4) is 0 Å². The van der Waals surface area contributed by atoms with Crippen LogP contribution in [0.15, 0.2) is 23.6 Å². The van der Waals surface area contributed by atoms with E-state index in [0.717, 1.165) is 10.7 Å². The molecule has 2 nitrogen and oxygen atoms in total. The Kier molecular flexibility index (Phi) is 4.61. The Morgan fingerprint density at radius 3 is 2.47 bits per heavy atom. The monoisotopic (exact) mass is 282 g/mol. The van der Waals surface area contributed by atoms with E-state index in [1.54, 1.807) is 18.4 Å². The van der Waals surface area contributed by atoms with Gasteiger partial charge in [-0.1, -0.05) is 6.07 Å².